The molecule has 25 heavy (non-hydrogen) atoms. The molecule has 2 saturated heterocycles. The van der Waals surface area contributed by atoms with E-state index in [-0.39, 0.29) is 43.3 Å². The molecule has 2 aromatic heterocycles. The van der Waals surface area contributed by atoms with Crippen molar-refractivity contribution in [1.29, 1.82) is 0 Å². The average molecular weight is 379 g/mol. The molecule has 2 aliphatic rings. The van der Waals surface area contributed by atoms with Gasteiger partial charge in [0.1, 0.15) is 4.75 Å². The number of aromatic nitrogens is 2. The number of sulfone groups is 1. The first-order valence-corrected chi connectivity index (χ1v) is 10.5. The summed E-state index contributed by atoms with van der Waals surface area (Å²) < 4.78 is 29.9. The van der Waals surface area contributed by atoms with Crippen molar-refractivity contribution in [2.45, 2.75) is 11.2 Å². The van der Waals surface area contributed by atoms with Crippen molar-refractivity contribution in [3.8, 4) is 6.01 Å². The molecule has 0 aliphatic carbocycles. The Bertz CT molecular complexity index is 862. The molecule has 1 amide bonds. The van der Waals surface area contributed by atoms with Gasteiger partial charge in [0.15, 0.2) is 9.84 Å². The number of amides is 1. The van der Waals surface area contributed by atoms with E-state index in [1.165, 1.54) is 11.3 Å². The molecule has 0 N–H and O–H groups in total. The molecule has 1 unspecified atom stereocenters. The lowest BCUT2D eigenvalue weighted by atomic mass is 9.83. The van der Waals surface area contributed by atoms with E-state index in [2.05, 4.69) is 9.97 Å². The van der Waals surface area contributed by atoms with Gasteiger partial charge in [-0.2, -0.15) is 0 Å². The molecule has 0 saturated carbocycles. The number of thiophene rings is 1. The van der Waals surface area contributed by atoms with Crippen molar-refractivity contribution in [1.82, 2.24) is 14.9 Å². The maximum atomic E-state index is 12.6. The molecule has 132 valence electrons. The van der Waals surface area contributed by atoms with E-state index in [4.69, 9.17) is 4.74 Å². The van der Waals surface area contributed by atoms with E-state index < -0.39 is 14.6 Å². The summed E-state index contributed by atoms with van der Waals surface area (Å²) in [6.45, 7) is 0.704. The minimum Gasteiger partial charge on any atom is -0.463 e. The summed E-state index contributed by atoms with van der Waals surface area (Å²) >= 11 is 1.37. The van der Waals surface area contributed by atoms with Crippen LogP contribution in [-0.2, 0) is 9.84 Å². The Hall–Kier alpha value is -2.00. The van der Waals surface area contributed by atoms with Gasteiger partial charge >= 0.3 is 6.01 Å². The summed E-state index contributed by atoms with van der Waals surface area (Å²) in [5, 5.41) is 1.84. The standard InChI is InChI=1S/C16H17N3O4S2/c20-14(13-3-1-7-24-13)19-10-16(11-19)12(4-8-25(16,21)22)9-23-15-17-5-2-6-18-15/h1-3,5-7,12H,4,8-11H2. The SMILES string of the molecule is O=C(c1cccs1)N1CC2(C1)C(COc1ncccn1)CCS2(=O)=O. The Kier molecular flexibility index (Phi) is 3.99. The fraction of sp³-hybridized carbons (Fsp3) is 0.438. The fourth-order valence-electron chi connectivity index (χ4n) is 3.54. The van der Waals surface area contributed by atoms with Crippen LogP contribution in [0.15, 0.2) is 36.0 Å². The molecule has 1 spiro atoms. The van der Waals surface area contributed by atoms with Gasteiger partial charge in [-0.05, 0) is 23.9 Å². The Morgan fingerprint density at radius 1 is 1.32 bits per heavy atom. The van der Waals surface area contributed by atoms with Crippen molar-refractivity contribution in [3.05, 3.63) is 40.8 Å². The van der Waals surface area contributed by atoms with Gasteiger partial charge in [0.2, 0.25) is 0 Å². The molecular weight excluding hydrogens is 362 g/mol. The van der Waals surface area contributed by atoms with Crippen LogP contribution in [-0.4, -0.2) is 59.4 Å². The summed E-state index contributed by atoms with van der Waals surface area (Å²) in [4.78, 5) is 22.7. The molecule has 2 aromatic rings. The van der Waals surface area contributed by atoms with Crippen LogP contribution in [0.4, 0.5) is 0 Å². The number of hydrogen-bond acceptors (Lipinski definition) is 7. The number of carbonyl (C=O) groups excluding carboxylic acids is 1. The van der Waals surface area contributed by atoms with Gasteiger partial charge < -0.3 is 9.64 Å². The van der Waals surface area contributed by atoms with Gasteiger partial charge in [-0.15, -0.1) is 11.3 Å². The van der Waals surface area contributed by atoms with E-state index in [9.17, 15) is 13.2 Å². The highest BCUT2D eigenvalue weighted by atomic mass is 32.2. The first-order valence-electron chi connectivity index (χ1n) is 7.97. The summed E-state index contributed by atoms with van der Waals surface area (Å²) in [6.07, 6.45) is 3.69. The largest absolute Gasteiger partial charge is 0.463 e. The molecule has 0 bridgehead atoms. The molecule has 2 aliphatic heterocycles. The quantitative estimate of drug-likeness (QED) is 0.794. The molecule has 4 heterocycles. The summed E-state index contributed by atoms with van der Waals surface area (Å²) in [6, 6.07) is 5.51. The Morgan fingerprint density at radius 3 is 2.76 bits per heavy atom. The van der Waals surface area contributed by atoms with Gasteiger partial charge in [0.25, 0.3) is 5.91 Å². The van der Waals surface area contributed by atoms with Crippen LogP contribution in [0.2, 0.25) is 0 Å². The van der Waals surface area contributed by atoms with E-state index in [0.29, 0.717) is 11.3 Å². The van der Waals surface area contributed by atoms with Crippen LogP contribution in [0.5, 0.6) is 6.01 Å². The molecule has 9 heteroatoms. The predicted octanol–water partition coefficient (Wildman–Crippen LogP) is 1.25. The Balaban J connectivity index is 1.47. The molecule has 4 rings (SSSR count). The van der Waals surface area contributed by atoms with Crippen molar-refractivity contribution in [3.63, 3.8) is 0 Å². The third kappa shape index (κ3) is 2.71. The van der Waals surface area contributed by atoms with Crippen molar-refractivity contribution < 1.29 is 17.9 Å². The zero-order valence-corrected chi connectivity index (χ0v) is 15.0. The molecular formula is C16H17N3O4S2. The molecule has 2 fully saturated rings. The lowest BCUT2D eigenvalue weighted by Gasteiger charge is -2.49. The van der Waals surface area contributed by atoms with Crippen molar-refractivity contribution in [2.75, 3.05) is 25.4 Å². The third-order valence-electron chi connectivity index (χ3n) is 4.99. The Labute approximate surface area is 149 Å². The van der Waals surface area contributed by atoms with Crippen LogP contribution in [0, 0.1) is 5.92 Å². The smallest absolute Gasteiger partial charge is 0.316 e. The van der Waals surface area contributed by atoms with Gasteiger partial charge in [0, 0.05) is 31.4 Å². The van der Waals surface area contributed by atoms with E-state index in [1.807, 2.05) is 11.4 Å². The average Bonchev–Trinajstić information content (AvgIpc) is 3.18. The van der Waals surface area contributed by atoms with Gasteiger partial charge in [0.05, 0.1) is 17.2 Å². The minimum absolute atomic E-state index is 0.103. The van der Waals surface area contributed by atoms with Crippen LogP contribution in [0.3, 0.4) is 0 Å². The monoisotopic (exact) mass is 379 g/mol. The second-order valence-corrected chi connectivity index (χ2v) is 9.75. The maximum Gasteiger partial charge on any atom is 0.316 e. The fourth-order valence-corrected chi connectivity index (χ4v) is 6.63. The normalized spacial score (nSPS) is 23.4. The number of hydrogen-bond donors (Lipinski definition) is 0. The number of likely N-dealkylation sites (tertiary alicyclic amines) is 1. The van der Waals surface area contributed by atoms with Crippen molar-refractivity contribution in [2.24, 2.45) is 5.92 Å². The highest BCUT2D eigenvalue weighted by Gasteiger charge is 2.62. The highest BCUT2D eigenvalue weighted by Crippen LogP contribution is 2.45. The number of rotatable bonds is 4. The lowest BCUT2D eigenvalue weighted by molar-refractivity contribution is 0.0408. The number of carbonyl (C=O) groups is 1. The Morgan fingerprint density at radius 2 is 2.08 bits per heavy atom. The number of nitrogens with zero attached hydrogens (tertiary/aromatic N) is 3. The summed E-state index contributed by atoms with van der Waals surface area (Å²) in [7, 11) is -3.25. The maximum absolute atomic E-state index is 12.6. The van der Waals surface area contributed by atoms with E-state index in [1.54, 1.807) is 29.4 Å². The first kappa shape index (κ1) is 16.5. The molecule has 7 nitrogen and oxygen atoms in total. The van der Waals surface area contributed by atoms with E-state index in [0.717, 1.165) is 0 Å². The lowest BCUT2D eigenvalue weighted by Crippen LogP contribution is -2.68. The minimum atomic E-state index is -3.25. The number of ether oxygens (including phenoxy) is 1. The molecule has 1 atom stereocenters. The first-order chi connectivity index (χ1) is 12.0. The van der Waals surface area contributed by atoms with Crippen LogP contribution in [0.25, 0.3) is 0 Å². The van der Waals surface area contributed by atoms with Gasteiger partial charge in [-0.25, -0.2) is 18.4 Å². The summed E-state index contributed by atoms with van der Waals surface area (Å²) in [5.41, 5.74) is 0. The summed E-state index contributed by atoms with van der Waals surface area (Å²) in [5.74, 6) is -0.125. The zero-order valence-electron chi connectivity index (χ0n) is 13.4. The predicted molar refractivity (Wildman–Crippen MR) is 92.4 cm³/mol. The second-order valence-electron chi connectivity index (χ2n) is 6.35. The van der Waals surface area contributed by atoms with Crippen LogP contribution in [0.1, 0.15) is 16.1 Å². The van der Waals surface area contributed by atoms with E-state index >= 15 is 0 Å². The van der Waals surface area contributed by atoms with Crippen LogP contribution < -0.4 is 4.74 Å². The van der Waals surface area contributed by atoms with Crippen molar-refractivity contribution >= 4 is 27.1 Å². The van der Waals surface area contributed by atoms with Gasteiger partial charge in [-0.1, -0.05) is 6.07 Å². The second kappa shape index (κ2) is 6.06. The highest BCUT2D eigenvalue weighted by molar-refractivity contribution is 7.93. The topological polar surface area (TPSA) is 89.5 Å². The molecule has 0 radical (unpaired) electrons. The van der Waals surface area contributed by atoms with Crippen LogP contribution >= 0.6 is 11.3 Å². The zero-order chi connectivity index (χ0) is 17.5. The third-order valence-corrected chi connectivity index (χ3v) is 8.45. The van der Waals surface area contributed by atoms with Gasteiger partial charge in [-0.3, -0.25) is 4.79 Å². The molecule has 0 aromatic carbocycles.